The van der Waals surface area contributed by atoms with E-state index in [9.17, 15) is 19.7 Å². The average Bonchev–Trinajstić information content (AvgIpc) is 3.34. The van der Waals surface area contributed by atoms with Crippen molar-refractivity contribution >= 4 is 74.6 Å². The van der Waals surface area contributed by atoms with Gasteiger partial charge in [0.05, 0.1) is 25.9 Å². The van der Waals surface area contributed by atoms with Gasteiger partial charge in [-0.1, -0.05) is 35.3 Å². The van der Waals surface area contributed by atoms with E-state index in [1.165, 1.54) is 47.4 Å². The van der Waals surface area contributed by atoms with Gasteiger partial charge in [0.15, 0.2) is 5.13 Å². The Bertz CT molecular complexity index is 1480. The number of rotatable bonds is 8. The summed E-state index contributed by atoms with van der Waals surface area (Å²) in [5.41, 5.74) is 2.20. The van der Waals surface area contributed by atoms with E-state index in [-0.39, 0.29) is 11.6 Å². The maximum atomic E-state index is 12.8. The second-order valence-corrected chi connectivity index (χ2v) is 10.8. The van der Waals surface area contributed by atoms with E-state index in [1.807, 2.05) is 11.4 Å². The van der Waals surface area contributed by atoms with E-state index in [2.05, 4.69) is 15.6 Å². The summed E-state index contributed by atoms with van der Waals surface area (Å²) in [4.78, 5) is 40.8. The van der Waals surface area contributed by atoms with Gasteiger partial charge in [0.2, 0.25) is 5.91 Å². The molecule has 0 aliphatic rings. The van der Waals surface area contributed by atoms with Crippen LogP contribution in [-0.2, 0) is 4.79 Å². The molecular weight excluding hydrogens is 555 g/mol. The van der Waals surface area contributed by atoms with Gasteiger partial charge in [-0.2, -0.15) is 0 Å². The van der Waals surface area contributed by atoms with Crippen LogP contribution in [0.3, 0.4) is 0 Å². The number of hydrogen-bond donors (Lipinski definition) is 2. The van der Waals surface area contributed by atoms with Crippen molar-refractivity contribution in [2.75, 3.05) is 10.6 Å². The van der Waals surface area contributed by atoms with Crippen LogP contribution in [0.1, 0.15) is 17.3 Å². The first-order chi connectivity index (χ1) is 17.7. The SMILES string of the molecule is CC(Sc1cccc(NC(=O)c2ccc([N+](=O)[O-])cc2)c1)C(=O)Nc1nc(-c2ccc(Cl)c(Cl)c2)cs1. The van der Waals surface area contributed by atoms with Crippen LogP contribution in [0.5, 0.6) is 0 Å². The fourth-order valence-electron chi connectivity index (χ4n) is 3.17. The summed E-state index contributed by atoms with van der Waals surface area (Å²) in [5, 5.41) is 19.1. The van der Waals surface area contributed by atoms with Crippen LogP contribution < -0.4 is 10.6 Å². The molecule has 0 saturated carbocycles. The summed E-state index contributed by atoms with van der Waals surface area (Å²) in [6.45, 7) is 1.77. The van der Waals surface area contributed by atoms with Gasteiger partial charge in [-0.15, -0.1) is 23.1 Å². The Balaban J connectivity index is 1.36. The summed E-state index contributed by atoms with van der Waals surface area (Å²) in [6.07, 6.45) is 0. The normalized spacial score (nSPS) is 11.5. The van der Waals surface area contributed by atoms with Crippen molar-refractivity contribution in [1.29, 1.82) is 0 Å². The molecule has 0 aliphatic carbocycles. The Labute approximate surface area is 230 Å². The van der Waals surface area contributed by atoms with Gasteiger partial charge in [-0.25, -0.2) is 4.98 Å². The maximum absolute atomic E-state index is 12.8. The number of benzene rings is 3. The van der Waals surface area contributed by atoms with E-state index < -0.39 is 16.1 Å². The monoisotopic (exact) mass is 572 g/mol. The molecule has 0 spiro atoms. The summed E-state index contributed by atoms with van der Waals surface area (Å²) < 4.78 is 0. The van der Waals surface area contributed by atoms with Crippen molar-refractivity contribution in [1.82, 2.24) is 4.98 Å². The zero-order chi connectivity index (χ0) is 26.5. The van der Waals surface area contributed by atoms with Crippen LogP contribution in [0.15, 0.2) is 77.0 Å². The predicted molar refractivity (Wildman–Crippen MR) is 149 cm³/mol. The molecule has 12 heteroatoms. The van der Waals surface area contributed by atoms with Crippen molar-refractivity contribution in [3.8, 4) is 11.3 Å². The molecule has 4 aromatic rings. The lowest BCUT2D eigenvalue weighted by Gasteiger charge is -2.12. The molecule has 0 fully saturated rings. The highest BCUT2D eigenvalue weighted by atomic mass is 35.5. The third-order valence-electron chi connectivity index (χ3n) is 5.06. The van der Waals surface area contributed by atoms with Gasteiger partial charge < -0.3 is 10.6 Å². The number of nitro benzene ring substituents is 1. The third kappa shape index (κ3) is 6.86. The second kappa shape index (κ2) is 11.7. The number of carbonyl (C=O) groups excluding carboxylic acids is 2. The van der Waals surface area contributed by atoms with E-state index in [1.54, 1.807) is 43.3 Å². The number of nitro groups is 1. The van der Waals surface area contributed by atoms with Gasteiger partial charge >= 0.3 is 0 Å². The minimum atomic E-state index is -0.525. The first-order valence-corrected chi connectivity index (χ1v) is 13.3. The number of non-ortho nitro benzene ring substituents is 1. The molecular formula is C25H18Cl2N4O4S2. The zero-order valence-electron chi connectivity index (χ0n) is 19.1. The molecule has 0 saturated heterocycles. The van der Waals surface area contributed by atoms with Crippen molar-refractivity contribution in [3.63, 3.8) is 0 Å². The molecule has 0 radical (unpaired) electrons. The Morgan fingerprint density at radius 2 is 1.78 bits per heavy atom. The van der Waals surface area contributed by atoms with Crippen molar-refractivity contribution in [3.05, 3.63) is 97.8 Å². The largest absolute Gasteiger partial charge is 0.322 e. The Kier molecular flexibility index (Phi) is 8.45. The maximum Gasteiger partial charge on any atom is 0.269 e. The van der Waals surface area contributed by atoms with E-state index in [0.717, 1.165) is 10.5 Å². The fourth-order valence-corrected chi connectivity index (χ4v) is 5.12. The molecule has 8 nitrogen and oxygen atoms in total. The summed E-state index contributed by atoms with van der Waals surface area (Å²) >= 11 is 14.7. The molecule has 2 N–H and O–H groups in total. The number of nitrogens with one attached hydrogen (secondary N) is 2. The summed E-state index contributed by atoms with van der Waals surface area (Å²) in [5.74, 6) is -0.621. The van der Waals surface area contributed by atoms with Gasteiger partial charge in [-0.05, 0) is 49.4 Å². The van der Waals surface area contributed by atoms with Gasteiger partial charge in [0.1, 0.15) is 0 Å². The first kappa shape index (κ1) is 26.6. The van der Waals surface area contributed by atoms with Gasteiger partial charge in [-0.3, -0.25) is 19.7 Å². The Hall–Kier alpha value is -3.44. The van der Waals surface area contributed by atoms with Crippen LogP contribution in [0.2, 0.25) is 10.0 Å². The number of anilines is 2. The minimum absolute atomic E-state index is 0.0921. The van der Waals surface area contributed by atoms with Crippen LogP contribution in [-0.4, -0.2) is 27.0 Å². The molecule has 1 heterocycles. The molecule has 2 amide bonds. The number of aromatic nitrogens is 1. The number of amides is 2. The molecule has 1 atom stereocenters. The van der Waals surface area contributed by atoms with Gasteiger partial charge in [0.25, 0.3) is 11.6 Å². The van der Waals surface area contributed by atoms with E-state index >= 15 is 0 Å². The molecule has 4 rings (SSSR count). The zero-order valence-corrected chi connectivity index (χ0v) is 22.3. The minimum Gasteiger partial charge on any atom is -0.322 e. The van der Waals surface area contributed by atoms with Crippen LogP contribution >= 0.6 is 46.3 Å². The molecule has 1 unspecified atom stereocenters. The van der Waals surface area contributed by atoms with Crippen molar-refractivity contribution in [2.24, 2.45) is 0 Å². The molecule has 3 aromatic carbocycles. The average molecular weight is 573 g/mol. The fraction of sp³-hybridized carbons (Fsp3) is 0.0800. The number of thioether (sulfide) groups is 1. The molecule has 1 aromatic heterocycles. The second-order valence-electron chi connectivity index (χ2n) is 7.70. The van der Waals surface area contributed by atoms with Crippen LogP contribution in [0.25, 0.3) is 11.3 Å². The van der Waals surface area contributed by atoms with Crippen LogP contribution in [0, 0.1) is 10.1 Å². The Morgan fingerprint density at radius 1 is 1.03 bits per heavy atom. The molecule has 37 heavy (non-hydrogen) atoms. The van der Waals surface area contributed by atoms with Crippen molar-refractivity contribution < 1.29 is 14.5 Å². The lowest BCUT2D eigenvalue weighted by atomic mass is 10.2. The van der Waals surface area contributed by atoms with Crippen molar-refractivity contribution in [2.45, 2.75) is 17.1 Å². The highest BCUT2D eigenvalue weighted by Crippen LogP contribution is 2.31. The number of carbonyl (C=O) groups is 2. The summed E-state index contributed by atoms with van der Waals surface area (Å²) in [7, 11) is 0. The quantitative estimate of drug-likeness (QED) is 0.129. The smallest absolute Gasteiger partial charge is 0.269 e. The van der Waals surface area contributed by atoms with Crippen LogP contribution in [0.4, 0.5) is 16.5 Å². The Morgan fingerprint density at radius 3 is 2.49 bits per heavy atom. The number of thiazole rings is 1. The number of hydrogen-bond acceptors (Lipinski definition) is 7. The highest BCUT2D eigenvalue weighted by Gasteiger charge is 2.17. The molecule has 188 valence electrons. The lowest BCUT2D eigenvalue weighted by Crippen LogP contribution is -2.22. The number of nitrogens with zero attached hydrogens (tertiary/aromatic N) is 2. The summed E-state index contributed by atoms with van der Waals surface area (Å²) in [6, 6.07) is 17.6. The van der Waals surface area contributed by atoms with E-state index in [0.29, 0.717) is 32.1 Å². The molecule has 0 aliphatic heterocycles. The third-order valence-corrected chi connectivity index (χ3v) is 7.65. The predicted octanol–water partition coefficient (Wildman–Crippen LogP) is 7.40. The first-order valence-electron chi connectivity index (χ1n) is 10.7. The lowest BCUT2D eigenvalue weighted by molar-refractivity contribution is -0.384. The topological polar surface area (TPSA) is 114 Å². The molecule has 0 bridgehead atoms. The highest BCUT2D eigenvalue weighted by molar-refractivity contribution is 8.00. The van der Waals surface area contributed by atoms with E-state index in [4.69, 9.17) is 23.2 Å². The van der Waals surface area contributed by atoms with Gasteiger partial charge in [0, 0.05) is 39.2 Å². The standard InChI is InChI=1S/C25H18Cl2N4O4S2/c1-14(23(32)30-25-29-22(13-36-25)16-7-10-20(26)21(27)11-16)37-19-4-2-3-17(12-19)28-24(33)15-5-8-18(9-6-15)31(34)35/h2-14H,1H3,(H,28,33)(H,29,30,32). The number of halogens is 2.